The predicted octanol–water partition coefficient (Wildman–Crippen LogP) is 5.85. The lowest BCUT2D eigenvalue weighted by Crippen LogP contribution is -2.41. The van der Waals surface area contributed by atoms with Crippen LogP contribution < -0.4 is 0 Å². The van der Waals surface area contributed by atoms with Gasteiger partial charge >= 0.3 is 7.12 Å². The van der Waals surface area contributed by atoms with Crippen LogP contribution in [0.5, 0.6) is 0 Å². The van der Waals surface area contributed by atoms with E-state index in [1.165, 1.54) is 10.7 Å². The van der Waals surface area contributed by atoms with Gasteiger partial charge in [-0.2, -0.15) is 0 Å². The van der Waals surface area contributed by atoms with E-state index in [9.17, 15) is 0 Å². The van der Waals surface area contributed by atoms with Crippen LogP contribution in [0.3, 0.4) is 0 Å². The summed E-state index contributed by atoms with van der Waals surface area (Å²) >= 11 is 0. The fourth-order valence-electron chi connectivity index (χ4n) is 3.25. The first-order valence-electron chi connectivity index (χ1n) is 9.77. The summed E-state index contributed by atoms with van der Waals surface area (Å²) in [4.78, 5) is 0. The van der Waals surface area contributed by atoms with E-state index in [1.54, 1.807) is 0 Å². The summed E-state index contributed by atoms with van der Waals surface area (Å²) < 4.78 is 19.2. The van der Waals surface area contributed by atoms with E-state index in [-0.39, 0.29) is 24.4 Å². The van der Waals surface area contributed by atoms with Gasteiger partial charge in [-0.25, -0.2) is 0 Å². The zero-order valence-corrected chi connectivity index (χ0v) is 19.2. The Morgan fingerprint density at radius 3 is 2.04 bits per heavy atom. The minimum absolute atomic E-state index is 0.215. The Balaban J connectivity index is 3.39. The summed E-state index contributed by atoms with van der Waals surface area (Å²) in [5, 5.41) is 1.32. The van der Waals surface area contributed by atoms with Gasteiger partial charge in [0, 0.05) is 6.10 Å². The lowest BCUT2D eigenvalue weighted by molar-refractivity contribution is 0.00578. The largest absolute Gasteiger partial charge is 0.490 e. The molecule has 3 nitrogen and oxygen atoms in total. The number of hydrogen-bond donors (Lipinski definition) is 0. The van der Waals surface area contributed by atoms with Gasteiger partial charge in [0.05, 0.1) is 11.2 Å². The maximum Gasteiger partial charge on any atom is 0.490 e. The summed E-state index contributed by atoms with van der Waals surface area (Å²) in [6.45, 7) is 21.6. The van der Waals surface area contributed by atoms with Crippen LogP contribution >= 0.6 is 0 Å². The molecule has 0 aromatic carbocycles. The van der Waals surface area contributed by atoms with Gasteiger partial charge in [-0.1, -0.05) is 31.9 Å². The molecule has 0 aromatic rings. The highest BCUT2D eigenvalue weighted by molar-refractivity contribution is 6.81. The number of rotatable bonds is 8. The maximum absolute atomic E-state index is 6.40. The van der Waals surface area contributed by atoms with E-state index < -0.39 is 8.32 Å². The van der Waals surface area contributed by atoms with Gasteiger partial charge in [0.1, 0.15) is 0 Å². The molecule has 1 heterocycles. The van der Waals surface area contributed by atoms with Crippen molar-refractivity contribution in [3.8, 4) is 0 Å². The molecule has 0 saturated carbocycles. The molecule has 0 aliphatic carbocycles. The summed E-state index contributed by atoms with van der Waals surface area (Å²) in [5.41, 5.74) is 0.637. The van der Waals surface area contributed by atoms with E-state index in [1.807, 2.05) is 0 Å². The molecule has 0 unspecified atom stereocenters. The molecule has 1 fully saturated rings. The Morgan fingerprint density at radius 2 is 1.64 bits per heavy atom. The second-order valence-electron chi connectivity index (χ2n) is 8.81. The Kier molecular flexibility index (Phi) is 7.76. The molecule has 0 aromatic heterocycles. The Hall–Kier alpha value is -0.358. The molecule has 1 saturated heterocycles. The molecule has 1 rings (SSSR count). The van der Waals surface area contributed by atoms with Gasteiger partial charge in [-0.05, 0) is 78.6 Å². The summed E-state index contributed by atoms with van der Waals surface area (Å²) in [7, 11) is -2.34. The van der Waals surface area contributed by atoms with Gasteiger partial charge in [-0.15, -0.1) is 0 Å². The van der Waals surface area contributed by atoms with Crippen molar-refractivity contribution in [2.24, 2.45) is 0 Å². The second kappa shape index (κ2) is 8.55. The van der Waals surface area contributed by atoms with Crippen LogP contribution in [0.2, 0.25) is 13.1 Å². The number of hydrogen-bond acceptors (Lipinski definition) is 3. The summed E-state index contributed by atoms with van der Waals surface area (Å²) in [6.07, 6.45) is 7.83. The highest BCUT2D eigenvalue weighted by Crippen LogP contribution is 2.41. The number of unbranched alkanes of at least 4 members (excludes halogenated alkanes) is 1. The fourth-order valence-corrected chi connectivity index (χ4v) is 6.14. The lowest BCUT2D eigenvalue weighted by Gasteiger charge is -2.32. The monoisotopic (exact) mass is 366 g/mol. The van der Waals surface area contributed by atoms with Gasteiger partial charge in [0.15, 0.2) is 0 Å². The molecule has 5 heteroatoms. The van der Waals surface area contributed by atoms with Crippen molar-refractivity contribution >= 4 is 15.4 Å². The lowest BCUT2D eigenvalue weighted by atomic mass is 9.75. The fraction of sp³-hybridized carbons (Fsp3) is 0.800. The molecule has 1 aliphatic rings. The van der Waals surface area contributed by atoms with Crippen molar-refractivity contribution in [3.63, 3.8) is 0 Å². The van der Waals surface area contributed by atoms with E-state index in [4.69, 9.17) is 13.7 Å². The molecule has 0 bridgehead atoms. The first-order chi connectivity index (χ1) is 11.4. The van der Waals surface area contributed by atoms with Crippen molar-refractivity contribution in [1.82, 2.24) is 0 Å². The summed E-state index contributed by atoms with van der Waals surface area (Å²) in [5.74, 6) is 0. The normalized spacial score (nSPS) is 21.3. The van der Waals surface area contributed by atoms with Crippen LogP contribution in [0, 0.1) is 0 Å². The molecular formula is C20H39BO3Si. The zero-order valence-electron chi connectivity index (χ0n) is 18.2. The average Bonchev–Trinajstić information content (AvgIpc) is 2.65. The van der Waals surface area contributed by atoms with Crippen LogP contribution in [0.4, 0.5) is 0 Å². The molecule has 0 N–H and O–H groups in total. The Morgan fingerprint density at radius 1 is 1.12 bits per heavy atom. The van der Waals surface area contributed by atoms with Crippen molar-refractivity contribution in [3.05, 3.63) is 22.8 Å². The van der Waals surface area contributed by atoms with Crippen LogP contribution in [0.25, 0.3) is 0 Å². The quantitative estimate of drug-likeness (QED) is 0.398. The van der Waals surface area contributed by atoms with Gasteiger partial charge in [0.2, 0.25) is 8.32 Å². The van der Waals surface area contributed by atoms with E-state index in [0.717, 1.165) is 19.3 Å². The third kappa shape index (κ3) is 5.56. The first kappa shape index (κ1) is 22.7. The third-order valence-corrected chi connectivity index (χ3v) is 8.04. The van der Waals surface area contributed by atoms with Crippen LogP contribution in [0.1, 0.15) is 74.7 Å². The van der Waals surface area contributed by atoms with E-state index in [0.29, 0.717) is 0 Å². The number of allylic oxidation sites excluding steroid dienone is 4. The molecule has 144 valence electrons. The van der Waals surface area contributed by atoms with Gasteiger partial charge in [0.25, 0.3) is 0 Å². The molecule has 0 atom stereocenters. The molecule has 1 aliphatic heterocycles. The Labute approximate surface area is 157 Å². The predicted molar refractivity (Wildman–Crippen MR) is 111 cm³/mol. The van der Waals surface area contributed by atoms with Crippen molar-refractivity contribution in [2.45, 2.75) is 105 Å². The highest BCUT2D eigenvalue weighted by atomic mass is 28.4. The molecule has 0 radical (unpaired) electrons. The topological polar surface area (TPSA) is 27.7 Å². The Bertz CT molecular complexity index is 491. The van der Waals surface area contributed by atoms with Crippen molar-refractivity contribution in [2.75, 3.05) is 0 Å². The van der Waals surface area contributed by atoms with Gasteiger partial charge < -0.3 is 13.7 Å². The van der Waals surface area contributed by atoms with Gasteiger partial charge in [-0.3, -0.25) is 0 Å². The standard InChI is InChI=1S/C20H39BO3Si/c1-11-13-15-17(21-23-19(5,6)20(7,8)24-21)18(14-12-2)25(9,10)22-16(3)4/h12,14,16H,11,13,15H2,1-10H3/b14-12-,18-17-. The molecule has 25 heavy (non-hydrogen) atoms. The van der Waals surface area contributed by atoms with E-state index in [2.05, 4.69) is 80.6 Å². The average molecular weight is 366 g/mol. The van der Waals surface area contributed by atoms with Crippen molar-refractivity contribution < 1.29 is 13.7 Å². The van der Waals surface area contributed by atoms with Crippen LogP contribution in [-0.4, -0.2) is 32.7 Å². The van der Waals surface area contributed by atoms with Crippen molar-refractivity contribution in [1.29, 1.82) is 0 Å². The molecular weight excluding hydrogens is 327 g/mol. The van der Waals surface area contributed by atoms with Crippen LogP contribution in [-0.2, 0) is 13.7 Å². The SMILES string of the molecule is C/C=C\C(=C(/CCCC)B1OC(C)(C)C(C)(C)O1)[Si](C)(C)OC(C)C. The molecule has 0 amide bonds. The highest BCUT2D eigenvalue weighted by Gasteiger charge is 2.53. The molecule has 0 spiro atoms. The van der Waals surface area contributed by atoms with Crippen LogP contribution in [0.15, 0.2) is 22.8 Å². The first-order valence-corrected chi connectivity index (χ1v) is 12.7. The van der Waals surface area contributed by atoms with E-state index >= 15 is 0 Å². The minimum atomic E-state index is -2.06. The second-order valence-corrected chi connectivity index (χ2v) is 12.6. The maximum atomic E-state index is 6.40. The summed E-state index contributed by atoms with van der Waals surface area (Å²) in [6, 6.07) is 0. The zero-order chi connectivity index (χ0) is 19.5. The third-order valence-electron chi connectivity index (χ3n) is 5.20. The smallest absolute Gasteiger partial charge is 0.411 e. The minimum Gasteiger partial charge on any atom is -0.411 e.